The summed E-state index contributed by atoms with van der Waals surface area (Å²) in [4.78, 5) is 0. The van der Waals surface area contributed by atoms with Gasteiger partial charge in [0.2, 0.25) is 0 Å². The monoisotopic (exact) mass is 833 g/mol. The van der Waals surface area contributed by atoms with Crippen molar-refractivity contribution in [1.82, 2.24) is 0 Å². The van der Waals surface area contributed by atoms with Crippen LogP contribution in [0.25, 0.3) is 0 Å². The summed E-state index contributed by atoms with van der Waals surface area (Å²) in [6.45, 7) is 13.4. The van der Waals surface area contributed by atoms with Gasteiger partial charge in [-0.2, -0.15) is 0 Å². The zero-order valence-corrected chi connectivity index (χ0v) is 39.3. The zero-order chi connectivity index (χ0) is 43.5. The van der Waals surface area contributed by atoms with Crippen molar-refractivity contribution in [1.29, 1.82) is 0 Å². The number of rotatable bonds is 33. The minimum atomic E-state index is -0.0963. The summed E-state index contributed by atoms with van der Waals surface area (Å²) in [7, 11) is 0. The molecule has 0 saturated carbocycles. The molecule has 6 atom stereocenters. The van der Waals surface area contributed by atoms with E-state index in [0.717, 1.165) is 50.5 Å². The van der Waals surface area contributed by atoms with Crippen molar-refractivity contribution < 1.29 is 19.3 Å². The first kappa shape index (κ1) is 50.2. The second-order valence-corrected chi connectivity index (χ2v) is 18.0. The molecule has 0 radical (unpaired) electrons. The Balaban J connectivity index is 1.61. The molecule has 0 heterocycles. The van der Waals surface area contributed by atoms with Crippen LogP contribution in [0, 0.1) is 0 Å². The second kappa shape index (κ2) is 29.8. The maximum Gasteiger partial charge on any atom is 0.119 e. The Labute approximate surface area is 373 Å². The highest BCUT2D eigenvalue weighted by molar-refractivity contribution is 5.46. The number of ether oxygens (including phenoxy) is 3. The summed E-state index contributed by atoms with van der Waals surface area (Å²) >= 11 is 0. The van der Waals surface area contributed by atoms with Crippen LogP contribution in [0.3, 0.4) is 0 Å². The maximum absolute atomic E-state index is 11.8. The third-order valence-electron chi connectivity index (χ3n) is 12.4. The predicted octanol–water partition coefficient (Wildman–Crippen LogP) is 16.5. The molecule has 4 heteroatoms. The number of unbranched alkanes of at least 4 members (excludes halogenated alkanes) is 12. The van der Waals surface area contributed by atoms with Gasteiger partial charge >= 0.3 is 0 Å². The second-order valence-electron chi connectivity index (χ2n) is 18.0. The molecule has 0 aromatic heterocycles. The summed E-state index contributed by atoms with van der Waals surface area (Å²) in [6, 6.07) is 36.3. The molecule has 4 aromatic rings. The molecular formula is C57H84O4. The van der Waals surface area contributed by atoms with Crippen LogP contribution in [0.4, 0.5) is 0 Å². The number of hydrogen-bond acceptors (Lipinski definition) is 4. The zero-order valence-electron chi connectivity index (χ0n) is 39.3. The first-order chi connectivity index (χ1) is 29.8. The highest BCUT2D eigenvalue weighted by Crippen LogP contribution is 2.35. The number of phenols is 1. The highest BCUT2D eigenvalue weighted by Gasteiger charge is 2.25. The van der Waals surface area contributed by atoms with Crippen LogP contribution < -0.4 is 0 Å². The van der Waals surface area contributed by atoms with Crippen LogP contribution in [0.15, 0.2) is 103 Å². The number of hydrogen-bond donors (Lipinski definition) is 1. The Morgan fingerprint density at radius 3 is 1.07 bits per heavy atom. The van der Waals surface area contributed by atoms with E-state index in [4.69, 9.17) is 14.2 Å². The molecule has 0 aliphatic rings. The molecule has 0 saturated heterocycles. The summed E-state index contributed by atoms with van der Waals surface area (Å²) in [5.74, 6) is 0.343. The fourth-order valence-corrected chi connectivity index (χ4v) is 9.02. The third-order valence-corrected chi connectivity index (χ3v) is 12.4. The molecule has 0 aliphatic heterocycles. The van der Waals surface area contributed by atoms with Crippen molar-refractivity contribution >= 4 is 0 Å². The molecule has 0 spiro atoms. The Hall–Kier alpha value is -3.44. The van der Waals surface area contributed by atoms with Crippen molar-refractivity contribution in [2.45, 2.75) is 213 Å². The van der Waals surface area contributed by atoms with Gasteiger partial charge in [0.05, 0.1) is 36.6 Å². The maximum atomic E-state index is 11.8. The molecule has 0 fully saturated rings. The molecule has 0 aliphatic carbocycles. The van der Waals surface area contributed by atoms with E-state index < -0.39 is 0 Å². The lowest BCUT2D eigenvalue weighted by molar-refractivity contribution is -0.0134. The fraction of sp³-hybridized carbons (Fsp3) is 0.579. The predicted molar refractivity (Wildman–Crippen MR) is 259 cm³/mol. The molecule has 61 heavy (non-hydrogen) atoms. The molecule has 336 valence electrons. The van der Waals surface area contributed by atoms with Gasteiger partial charge in [0.15, 0.2) is 0 Å². The minimum Gasteiger partial charge on any atom is -0.508 e. The number of aromatic hydroxyl groups is 1. The summed E-state index contributed by atoms with van der Waals surface area (Å²) in [5, 5.41) is 11.8. The first-order valence-electron chi connectivity index (χ1n) is 24.8. The molecule has 4 aromatic carbocycles. The van der Waals surface area contributed by atoms with Crippen molar-refractivity contribution in [2.75, 3.05) is 0 Å². The standard InChI is InChI=1S/C57H84O4/c1-7-10-13-16-28-37-55(48-31-22-19-23-32-48)59-45(4)42-51-40-41-54(58)53(44-47(6)61-57(39-30-18-15-12-9-3)50-35-26-21-27-36-50)52(51)43-46(5)60-56(38-29-17-14-11-8-2)49-33-24-20-25-34-49/h19-27,31-36,40-41,45-47,55-58H,7-18,28-30,37-39,42-44H2,1-6H3. The van der Waals surface area contributed by atoms with E-state index in [-0.39, 0.29) is 36.6 Å². The van der Waals surface area contributed by atoms with Gasteiger partial charge < -0.3 is 19.3 Å². The van der Waals surface area contributed by atoms with E-state index in [1.807, 2.05) is 6.07 Å². The average Bonchev–Trinajstić information content (AvgIpc) is 3.28. The topological polar surface area (TPSA) is 47.9 Å². The SMILES string of the molecule is CCCCCCCC(OC(C)Cc1ccc(O)c(CC(C)OC(CCCCCCC)c2ccccc2)c1CC(C)OC(CCCCCCC)c1ccccc1)c1ccccc1. The molecule has 1 N–H and O–H groups in total. The molecule has 4 rings (SSSR count). The van der Waals surface area contributed by atoms with Crippen molar-refractivity contribution in [2.24, 2.45) is 0 Å². The van der Waals surface area contributed by atoms with Crippen LogP contribution in [0.1, 0.15) is 209 Å². The summed E-state index contributed by atoms with van der Waals surface area (Å²) in [6.07, 6.45) is 23.6. The average molecular weight is 833 g/mol. The van der Waals surface area contributed by atoms with Gasteiger partial charge in [0.25, 0.3) is 0 Å². The fourth-order valence-electron chi connectivity index (χ4n) is 9.02. The van der Waals surface area contributed by atoms with E-state index in [2.05, 4.69) is 139 Å². The molecular weight excluding hydrogens is 749 g/mol. The first-order valence-corrected chi connectivity index (χ1v) is 24.8. The smallest absolute Gasteiger partial charge is 0.119 e. The number of phenolic OH excluding ortho intramolecular Hbond substituents is 1. The lowest BCUT2D eigenvalue weighted by Gasteiger charge is -2.28. The van der Waals surface area contributed by atoms with Crippen LogP contribution in [-0.2, 0) is 33.5 Å². The molecule has 6 unspecified atom stereocenters. The highest BCUT2D eigenvalue weighted by atomic mass is 16.5. The van der Waals surface area contributed by atoms with Crippen LogP contribution in [0.5, 0.6) is 5.75 Å². The van der Waals surface area contributed by atoms with E-state index in [0.29, 0.717) is 18.6 Å². The van der Waals surface area contributed by atoms with Crippen molar-refractivity contribution in [3.63, 3.8) is 0 Å². The van der Waals surface area contributed by atoms with Gasteiger partial charge in [-0.05, 0) is 92.3 Å². The van der Waals surface area contributed by atoms with Crippen molar-refractivity contribution in [3.8, 4) is 5.75 Å². The van der Waals surface area contributed by atoms with Gasteiger partial charge in [-0.1, -0.05) is 214 Å². The summed E-state index contributed by atoms with van der Waals surface area (Å²) in [5.41, 5.74) is 7.12. The van der Waals surface area contributed by atoms with Crippen LogP contribution in [-0.4, -0.2) is 23.4 Å². The Bertz CT molecular complexity index is 1670. The number of benzene rings is 4. The largest absolute Gasteiger partial charge is 0.508 e. The van der Waals surface area contributed by atoms with E-state index in [1.165, 1.54) is 105 Å². The quantitative estimate of drug-likeness (QED) is 0.0486. The van der Waals surface area contributed by atoms with E-state index in [1.54, 1.807) is 0 Å². The van der Waals surface area contributed by atoms with Gasteiger partial charge in [-0.25, -0.2) is 0 Å². The van der Waals surface area contributed by atoms with Crippen LogP contribution >= 0.6 is 0 Å². The van der Waals surface area contributed by atoms with Crippen molar-refractivity contribution in [3.05, 3.63) is 137 Å². The molecule has 0 amide bonds. The normalized spacial score (nSPS) is 14.7. The lowest BCUT2D eigenvalue weighted by atomic mass is 9.89. The Kier molecular flexibility index (Phi) is 24.5. The van der Waals surface area contributed by atoms with Gasteiger partial charge in [-0.15, -0.1) is 0 Å². The van der Waals surface area contributed by atoms with E-state index in [9.17, 15) is 5.11 Å². The van der Waals surface area contributed by atoms with Gasteiger partial charge in [0.1, 0.15) is 5.75 Å². The van der Waals surface area contributed by atoms with Gasteiger partial charge in [-0.3, -0.25) is 0 Å². The Morgan fingerprint density at radius 2 is 0.705 bits per heavy atom. The van der Waals surface area contributed by atoms with E-state index >= 15 is 0 Å². The Morgan fingerprint density at radius 1 is 0.377 bits per heavy atom. The summed E-state index contributed by atoms with van der Waals surface area (Å²) < 4.78 is 21.0. The lowest BCUT2D eigenvalue weighted by Crippen LogP contribution is -2.23. The minimum absolute atomic E-state index is 0.0164. The third kappa shape index (κ3) is 18.8. The molecule has 4 nitrogen and oxygen atoms in total. The van der Waals surface area contributed by atoms with Gasteiger partial charge in [0, 0.05) is 6.42 Å². The molecule has 0 bridgehead atoms. The van der Waals surface area contributed by atoms with Crippen LogP contribution in [0.2, 0.25) is 0 Å².